The quantitative estimate of drug-likeness (QED) is 0.786. The molecule has 1 fully saturated rings. The number of para-hydroxylation sites is 2. The van der Waals surface area contributed by atoms with Crippen molar-refractivity contribution in [3.63, 3.8) is 0 Å². The zero-order valence-corrected chi connectivity index (χ0v) is 15.9. The van der Waals surface area contributed by atoms with Gasteiger partial charge in [-0.2, -0.15) is 0 Å². The highest BCUT2D eigenvalue weighted by molar-refractivity contribution is 5.75. The fourth-order valence-electron chi connectivity index (χ4n) is 4.03. The minimum absolute atomic E-state index is 0.146. The van der Waals surface area contributed by atoms with Crippen LogP contribution >= 0.6 is 0 Å². The Hall–Kier alpha value is -1.92. The number of benzene rings is 1. The lowest BCUT2D eigenvalue weighted by atomic mass is 10.0. The van der Waals surface area contributed by atoms with E-state index in [1.807, 2.05) is 13.0 Å². The number of aryl methyl sites for hydroxylation is 1. The highest BCUT2D eigenvalue weighted by Crippen LogP contribution is 2.21. The number of imidazole rings is 1. The molecule has 1 aromatic heterocycles. The van der Waals surface area contributed by atoms with Gasteiger partial charge in [0.15, 0.2) is 0 Å². The third-order valence-electron chi connectivity index (χ3n) is 5.36. The van der Waals surface area contributed by atoms with Crippen LogP contribution in [0.2, 0.25) is 0 Å². The summed E-state index contributed by atoms with van der Waals surface area (Å²) in [7, 11) is 0. The molecule has 1 aliphatic heterocycles. The minimum Gasteiger partial charge on any atom is -0.480 e. The predicted molar refractivity (Wildman–Crippen MR) is 103 cm³/mol. The maximum absolute atomic E-state index is 11.0. The first kappa shape index (κ1) is 18.9. The lowest BCUT2D eigenvalue weighted by Gasteiger charge is -2.37. The number of nitrogens with zero attached hydrogens (tertiary/aromatic N) is 4. The smallest absolute Gasteiger partial charge is 0.317 e. The molecule has 0 bridgehead atoms. The van der Waals surface area contributed by atoms with Crippen LogP contribution in [0.1, 0.15) is 38.9 Å². The number of likely N-dealkylation sites (N-methyl/N-ethyl adjacent to an activating group) is 1. The van der Waals surface area contributed by atoms with Crippen molar-refractivity contribution in [1.82, 2.24) is 19.4 Å². The molecule has 1 aliphatic rings. The number of carboxylic acid groups (broad SMARTS) is 1. The second-order valence-corrected chi connectivity index (χ2v) is 7.13. The maximum atomic E-state index is 11.0. The van der Waals surface area contributed by atoms with Gasteiger partial charge in [-0.3, -0.25) is 14.6 Å². The molecule has 142 valence electrons. The molecule has 0 atom stereocenters. The Morgan fingerprint density at radius 1 is 1.27 bits per heavy atom. The number of rotatable bonds is 8. The average molecular weight is 358 g/mol. The normalized spacial score (nSPS) is 16.6. The van der Waals surface area contributed by atoms with Crippen LogP contribution in [0.25, 0.3) is 11.0 Å². The summed E-state index contributed by atoms with van der Waals surface area (Å²) in [6, 6.07) is 8.73. The summed E-state index contributed by atoms with van der Waals surface area (Å²) in [6.07, 6.45) is 3.14. The molecule has 0 saturated carbocycles. The molecule has 0 unspecified atom stereocenters. The van der Waals surface area contributed by atoms with Gasteiger partial charge in [0.1, 0.15) is 5.82 Å². The number of aliphatic carboxylic acids is 1. The second-order valence-electron chi connectivity index (χ2n) is 7.13. The van der Waals surface area contributed by atoms with Crippen molar-refractivity contribution in [3.05, 3.63) is 30.1 Å². The molecule has 1 N–H and O–H groups in total. The Labute approximate surface area is 155 Å². The number of piperidine rings is 1. The van der Waals surface area contributed by atoms with E-state index in [1.54, 1.807) is 0 Å². The van der Waals surface area contributed by atoms with Gasteiger partial charge in [-0.1, -0.05) is 26.0 Å². The van der Waals surface area contributed by atoms with Crippen molar-refractivity contribution in [2.75, 3.05) is 26.2 Å². The maximum Gasteiger partial charge on any atom is 0.317 e. The van der Waals surface area contributed by atoms with Crippen molar-refractivity contribution in [2.45, 2.75) is 52.2 Å². The van der Waals surface area contributed by atoms with E-state index in [9.17, 15) is 4.79 Å². The first-order chi connectivity index (χ1) is 12.6. The van der Waals surface area contributed by atoms with E-state index in [0.717, 1.165) is 63.3 Å². The van der Waals surface area contributed by atoms with Crippen molar-refractivity contribution in [1.29, 1.82) is 0 Å². The van der Waals surface area contributed by atoms with Gasteiger partial charge in [-0.15, -0.1) is 0 Å². The zero-order valence-electron chi connectivity index (χ0n) is 15.9. The summed E-state index contributed by atoms with van der Waals surface area (Å²) in [5.41, 5.74) is 2.29. The molecule has 0 aliphatic carbocycles. The number of likely N-dealkylation sites (tertiary alicyclic amines) is 1. The van der Waals surface area contributed by atoms with Crippen molar-refractivity contribution in [3.8, 4) is 0 Å². The summed E-state index contributed by atoms with van der Waals surface area (Å²) in [6.45, 7) is 9.04. The number of carbonyl (C=O) groups is 1. The number of hydrogen-bond donors (Lipinski definition) is 1. The van der Waals surface area contributed by atoms with Crippen molar-refractivity contribution in [2.24, 2.45) is 0 Å². The molecule has 26 heavy (non-hydrogen) atoms. The van der Waals surface area contributed by atoms with Crippen LogP contribution in [0.3, 0.4) is 0 Å². The minimum atomic E-state index is -0.734. The van der Waals surface area contributed by atoms with Gasteiger partial charge in [0.2, 0.25) is 0 Å². The molecule has 0 amide bonds. The Kier molecular flexibility index (Phi) is 6.27. The lowest BCUT2D eigenvalue weighted by Crippen LogP contribution is -2.46. The van der Waals surface area contributed by atoms with E-state index in [2.05, 4.69) is 39.5 Å². The topological polar surface area (TPSA) is 61.6 Å². The van der Waals surface area contributed by atoms with E-state index >= 15 is 0 Å². The number of aromatic nitrogens is 2. The van der Waals surface area contributed by atoms with Crippen LogP contribution in [0.15, 0.2) is 24.3 Å². The second kappa shape index (κ2) is 8.64. The molecule has 6 nitrogen and oxygen atoms in total. The van der Waals surface area contributed by atoms with Crippen LogP contribution in [-0.4, -0.2) is 62.6 Å². The Morgan fingerprint density at radius 2 is 2.00 bits per heavy atom. The molecule has 6 heteroatoms. The van der Waals surface area contributed by atoms with E-state index in [4.69, 9.17) is 10.1 Å². The average Bonchev–Trinajstić information content (AvgIpc) is 2.98. The predicted octanol–water partition coefficient (Wildman–Crippen LogP) is 2.82. The third-order valence-corrected chi connectivity index (χ3v) is 5.36. The van der Waals surface area contributed by atoms with Gasteiger partial charge < -0.3 is 9.67 Å². The Bertz CT molecular complexity index is 734. The Morgan fingerprint density at radius 3 is 2.65 bits per heavy atom. The largest absolute Gasteiger partial charge is 0.480 e. The van der Waals surface area contributed by atoms with Gasteiger partial charge in [0.05, 0.1) is 24.1 Å². The molecule has 3 rings (SSSR count). The molecular formula is C20H30N4O2. The number of fused-ring (bicyclic) bond motifs is 1. The molecular weight excluding hydrogens is 328 g/mol. The highest BCUT2D eigenvalue weighted by Gasteiger charge is 2.26. The molecule has 0 spiro atoms. The fourth-order valence-corrected chi connectivity index (χ4v) is 4.03. The third kappa shape index (κ3) is 4.24. The van der Waals surface area contributed by atoms with Crippen molar-refractivity contribution < 1.29 is 9.90 Å². The van der Waals surface area contributed by atoms with Crippen LogP contribution < -0.4 is 0 Å². The van der Waals surface area contributed by atoms with Gasteiger partial charge in [-0.05, 0) is 37.9 Å². The lowest BCUT2D eigenvalue weighted by molar-refractivity contribution is -0.139. The van der Waals surface area contributed by atoms with E-state index < -0.39 is 5.97 Å². The van der Waals surface area contributed by atoms with E-state index in [0.29, 0.717) is 6.04 Å². The molecule has 1 saturated heterocycles. The van der Waals surface area contributed by atoms with Crippen LogP contribution in [0.5, 0.6) is 0 Å². The monoisotopic (exact) mass is 358 g/mol. The van der Waals surface area contributed by atoms with Crippen LogP contribution in [0.4, 0.5) is 0 Å². The summed E-state index contributed by atoms with van der Waals surface area (Å²) >= 11 is 0. The summed E-state index contributed by atoms with van der Waals surface area (Å²) in [5, 5.41) is 9.08. The van der Waals surface area contributed by atoms with Gasteiger partial charge in [0, 0.05) is 25.7 Å². The van der Waals surface area contributed by atoms with Gasteiger partial charge in [-0.25, -0.2) is 4.98 Å². The number of carboxylic acids is 1. The van der Waals surface area contributed by atoms with E-state index in [-0.39, 0.29) is 6.54 Å². The van der Waals surface area contributed by atoms with Gasteiger partial charge >= 0.3 is 5.97 Å². The van der Waals surface area contributed by atoms with Gasteiger partial charge in [0.25, 0.3) is 0 Å². The first-order valence-corrected chi connectivity index (χ1v) is 9.74. The SMILES string of the molecule is CCCn1c(CN2CCC(N(CC)CC(=O)O)CC2)nc2ccccc21. The summed E-state index contributed by atoms with van der Waals surface area (Å²) in [4.78, 5) is 20.5. The van der Waals surface area contributed by atoms with Crippen LogP contribution in [0, 0.1) is 0 Å². The summed E-state index contributed by atoms with van der Waals surface area (Å²) < 4.78 is 2.35. The standard InChI is InChI=1S/C20H30N4O2/c1-3-11-24-18-8-6-5-7-17(18)21-19(24)14-22-12-9-16(10-13-22)23(4-2)15-20(25)26/h5-8,16H,3-4,9-15H2,1-2H3,(H,25,26). The number of hydrogen-bond acceptors (Lipinski definition) is 4. The molecule has 0 radical (unpaired) electrons. The van der Waals surface area contributed by atoms with E-state index in [1.165, 1.54) is 5.52 Å². The molecule has 2 aromatic rings. The Balaban J connectivity index is 1.65. The zero-order chi connectivity index (χ0) is 18.5. The highest BCUT2D eigenvalue weighted by atomic mass is 16.4. The fraction of sp³-hybridized carbons (Fsp3) is 0.600. The first-order valence-electron chi connectivity index (χ1n) is 9.74. The summed E-state index contributed by atoms with van der Waals surface area (Å²) in [5.74, 6) is 0.409. The molecule has 1 aromatic carbocycles. The molecule has 2 heterocycles. The van der Waals surface area contributed by atoms with Crippen molar-refractivity contribution >= 4 is 17.0 Å². The van der Waals surface area contributed by atoms with Crippen LogP contribution in [-0.2, 0) is 17.9 Å².